The molecule has 1 heterocycles. The van der Waals surface area contributed by atoms with Crippen LogP contribution in [0.3, 0.4) is 0 Å². The molecule has 2 aromatic rings. The van der Waals surface area contributed by atoms with Crippen LogP contribution in [0.2, 0.25) is 0 Å². The van der Waals surface area contributed by atoms with Crippen LogP contribution in [-0.4, -0.2) is 4.98 Å². The van der Waals surface area contributed by atoms with Crippen LogP contribution in [0.5, 0.6) is 0 Å². The van der Waals surface area contributed by atoms with Gasteiger partial charge in [-0.15, -0.1) is 6.58 Å². The van der Waals surface area contributed by atoms with Crippen LogP contribution in [-0.2, 0) is 5.41 Å². The largest absolute Gasteiger partial charge is 0.361 e. The Balaban J connectivity index is 1.98. The van der Waals surface area contributed by atoms with Crippen LogP contribution in [0.15, 0.2) is 54.3 Å². The molecule has 1 aromatic heterocycles. The standard InChI is InChI=1S/C21H27N/c1-4-5-6-7-18-10-12-21(18,15-16(2)3)19-8-9-20-17(14-19)11-13-22-20/h7-9,11,13-14,22H,2,4-6,10,12,15H2,1,3H3/b18-7-/t21-/m1/s1. The predicted molar refractivity (Wildman–Crippen MR) is 96.2 cm³/mol. The number of H-pyrrole nitrogens is 1. The Morgan fingerprint density at radius 2 is 2.23 bits per heavy atom. The van der Waals surface area contributed by atoms with E-state index in [2.05, 4.69) is 55.8 Å². The van der Waals surface area contributed by atoms with Gasteiger partial charge >= 0.3 is 0 Å². The zero-order valence-electron chi connectivity index (χ0n) is 13.9. The summed E-state index contributed by atoms with van der Waals surface area (Å²) in [5.41, 5.74) is 5.83. The van der Waals surface area contributed by atoms with Gasteiger partial charge in [0.25, 0.3) is 0 Å². The third-order valence-corrected chi connectivity index (χ3v) is 5.09. The first-order valence-electron chi connectivity index (χ1n) is 8.57. The quantitative estimate of drug-likeness (QED) is 0.476. The van der Waals surface area contributed by atoms with Gasteiger partial charge in [0.1, 0.15) is 0 Å². The lowest BCUT2D eigenvalue weighted by molar-refractivity contribution is 0.354. The van der Waals surface area contributed by atoms with Gasteiger partial charge in [-0.3, -0.25) is 0 Å². The van der Waals surface area contributed by atoms with Crippen molar-refractivity contribution in [2.24, 2.45) is 0 Å². The average Bonchev–Trinajstić information content (AvgIpc) is 2.95. The molecule has 1 aliphatic carbocycles. The fourth-order valence-electron chi connectivity index (χ4n) is 3.85. The second kappa shape index (κ2) is 6.16. The van der Waals surface area contributed by atoms with Crippen molar-refractivity contribution in [2.45, 2.75) is 57.8 Å². The molecule has 0 aliphatic heterocycles. The first kappa shape index (κ1) is 15.1. The zero-order valence-corrected chi connectivity index (χ0v) is 13.9. The van der Waals surface area contributed by atoms with E-state index in [-0.39, 0.29) is 5.41 Å². The lowest BCUT2D eigenvalue weighted by Crippen LogP contribution is -2.37. The molecule has 0 saturated heterocycles. The molecule has 1 saturated carbocycles. The predicted octanol–water partition coefficient (Wildman–Crippen LogP) is 6.28. The normalized spacial score (nSPS) is 22.9. The maximum Gasteiger partial charge on any atom is 0.0454 e. The molecule has 0 bridgehead atoms. The molecule has 1 fully saturated rings. The van der Waals surface area contributed by atoms with Crippen LogP contribution in [0, 0.1) is 0 Å². The summed E-state index contributed by atoms with van der Waals surface area (Å²) < 4.78 is 0. The fraction of sp³-hybridized carbons (Fsp3) is 0.429. The van der Waals surface area contributed by atoms with E-state index in [1.165, 1.54) is 54.1 Å². The highest BCUT2D eigenvalue weighted by atomic mass is 14.7. The van der Waals surface area contributed by atoms with Gasteiger partial charge in [-0.05, 0) is 61.8 Å². The summed E-state index contributed by atoms with van der Waals surface area (Å²) in [6.07, 6.45) is 11.9. The summed E-state index contributed by atoms with van der Waals surface area (Å²) in [4.78, 5) is 3.30. The smallest absolute Gasteiger partial charge is 0.0454 e. The van der Waals surface area contributed by atoms with Crippen LogP contribution in [0.4, 0.5) is 0 Å². The Kier molecular flexibility index (Phi) is 4.24. The van der Waals surface area contributed by atoms with Gasteiger partial charge in [-0.25, -0.2) is 0 Å². The first-order valence-corrected chi connectivity index (χ1v) is 8.57. The van der Waals surface area contributed by atoms with Gasteiger partial charge in [-0.2, -0.15) is 0 Å². The summed E-state index contributed by atoms with van der Waals surface area (Å²) in [6, 6.07) is 9.09. The average molecular weight is 293 g/mol. The third kappa shape index (κ3) is 2.65. The van der Waals surface area contributed by atoms with Crippen LogP contribution in [0.25, 0.3) is 10.9 Å². The molecule has 0 spiro atoms. The van der Waals surface area contributed by atoms with E-state index in [1.54, 1.807) is 5.57 Å². The minimum absolute atomic E-state index is 0.213. The molecule has 1 N–H and O–H groups in total. The van der Waals surface area contributed by atoms with E-state index in [1.807, 2.05) is 6.20 Å². The Labute approximate surface area is 134 Å². The van der Waals surface area contributed by atoms with Crippen molar-refractivity contribution >= 4 is 10.9 Å². The van der Waals surface area contributed by atoms with Crippen molar-refractivity contribution < 1.29 is 0 Å². The SMILES string of the molecule is C=C(C)C[C@]1(c2ccc3[nH]ccc3c2)CC/C1=C/CCCC. The molecular weight excluding hydrogens is 266 g/mol. The van der Waals surface area contributed by atoms with Gasteiger partial charge in [0, 0.05) is 17.1 Å². The highest BCUT2D eigenvalue weighted by Gasteiger charge is 2.42. The highest BCUT2D eigenvalue weighted by molar-refractivity contribution is 5.80. The van der Waals surface area contributed by atoms with E-state index in [9.17, 15) is 0 Å². The first-order chi connectivity index (χ1) is 10.7. The third-order valence-electron chi connectivity index (χ3n) is 5.09. The van der Waals surface area contributed by atoms with Gasteiger partial charge < -0.3 is 4.98 Å². The second-order valence-electron chi connectivity index (χ2n) is 6.87. The molecule has 0 unspecified atom stereocenters. The van der Waals surface area contributed by atoms with Gasteiger partial charge in [0.2, 0.25) is 0 Å². The van der Waals surface area contributed by atoms with Crippen molar-refractivity contribution in [3.8, 4) is 0 Å². The van der Waals surface area contributed by atoms with Crippen molar-refractivity contribution in [2.75, 3.05) is 0 Å². The maximum atomic E-state index is 4.20. The number of benzene rings is 1. The number of hydrogen-bond donors (Lipinski definition) is 1. The zero-order chi connectivity index (χ0) is 15.6. The molecular formula is C21H27N. The van der Waals surface area contributed by atoms with E-state index in [0.717, 1.165) is 6.42 Å². The minimum atomic E-state index is 0.213. The Morgan fingerprint density at radius 3 is 2.91 bits per heavy atom. The number of aromatic amines is 1. The number of aromatic nitrogens is 1. The molecule has 1 aromatic carbocycles. The van der Waals surface area contributed by atoms with Gasteiger partial charge in [-0.1, -0.05) is 43.1 Å². The maximum absolute atomic E-state index is 4.20. The van der Waals surface area contributed by atoms with Crippen LogP contribution in [0.1, 0.15) is 57.9 Å². The lowest BCUT2D eigenvalue weighted by Gasteiger charge is -2.46. The van der Waals surface area contributed by atoms with Crippen molar-refractivity contribution in [3.05, 3.63) is 59.8 Å². The van der Waals surface area contributed by atoms with E-state index >= 15 is 0 Å². The second-order valence-corrected chi connectivity index (χ2v) is 6.87. The molecule has 3 rings (SSSR count). The molecule has 1 nitrogen and oxygen atoms in total. The Morgan fingerprint density at radius 1 is 1.36 bits per heavy atom. The van der Waals surface area contributed by atoms with E-state index in [0.29, 0.717) is 0 Å². The monoisotopic (exact) mass is 293 g/mol. The van der Waals surface area contributed by atoms with E-state index < -0.39 is 0 Å². The topological polar surface area (TPSA) is 15.8 Å². The number of unbranched alkanes of at least 4 members (excludes halogenated alkanes) is 2. The van der Waals surface area contributed by atoms with Crippen molar-refractivity contribution in [3.63, 3.8) is 0 Å². The number of rotatable bonds is 6. The summed E-state index contributed by atoms with van der Waals surface area (Å²) >= 11 is 0. The molecule has 116 valence electrons. The van der Waals surface area contributed by atoms with Crippen LogP contribution < -0.4 is 0 Å². The Bertz CT molecular complexity index is 704. The number of hydrogen-bond acceptors (Lipinski definition) is 0. The minimum Gasteiger partial charge on any atom is -0.361 e. The van der Waals surface area contributed by atoms with Crippen molar-refractivity contribution in [1.29, 1.82) is 0 Å². The summed E-state index contributed by atoms with van der Waals surface area (Å²) in [5.74, 6) is 0. The molecule has 1 aliphatic rings. The lowest BCUT2D eigenvalue weighted by atomic mass is 9.57. The van der Waals surface area contributed by atoms with Crippen LogP contribution >= 0.6 is 0 Å². The molecule has 22 heavy (non-hydrogen) atoms. The molecule has 1 heteroatoms. The Hall–Kier alpha value is -1.76. The van der Waals surface area contributed by atoms with Crippen molar-refractivity contribution in [1.82, 2.24) is 4.98 Å². The number of allylic oxidation sites excluding steroid dienone is 3. The van der Waals surface area contributed by atoms with E-state index in [4.69, 9.17) is 0 Å². The molecule has 1 atom stereocenters. The molecule has 0 radical (unpaired) electrons. The fourth-order valence-corrected chi connectivity index (χ4v) is 3.85. The van der Waals surface area contributed by atoms with Gasteiger partial charge in [0.15, 0.2) is 0 Å². The summed E-state index contributed by atoms with van der Waals surface area (Å²) in [6.45, 7) is 8.63. The summed E-state index contributed by atoms with van der Waals surface area (Å²) in [7, 11) is 0. The molecule has 0 amide bonds. The number of nitrogens with one attached hydrogen (secondary N) is 1. The van der Waals surface area contributed by atoms with Gasteiger partial charge in [0.05, 0.1) is 0 Å². The summed E-state index contributed by atoms with van der Waals surface area (Å²) in [5, 5.41) is 1.32. The number of fused-ring (bicyclic) bond motifs is 1. The highest BCUT2D eigenvalue weighted by Crippen LogP contribution is 2.52.